The Hall–Kier alpha value is -0.860. The molecule has 0 aromatic heterocycles. The van der Waals surface area contributed by atoms with E-state index in [1.165, 1.54) is 24.0 Å². The first-order chi connectivity index (χ1) is 8.86. The zero-order chi connectivity index (χ0) is 14.1. The molecule has 0 fully saturated rings. The van der Waals surface area contributed by atoms with Crippen molar-refractivity contribution in [3.05, 3.63) is 35.4 Å². The Kier molecular flexibility index (Phi) is 4.03. The van der Waals surface area contributed by atoms with Gasteiger partial charge in [-0.05, 0) is 29.4 Å². The van der Waals surface area contributed by atoms with Gasteiger partial charge in [-0.2, -0.15) is 0 Å². The monoisotopic (exact) mass is 261 g/mol. The number of aliphatic hydroxyl groups is 1. The largest absolute Gasteiger partial charge is 0.396 e. The normalized spacial score (nSPS) is 22.1. The first-order valence-electron chi connectivity index (χ1n) is 7.28. The maximum atomic E-state index is 9.41. The topological polar surface area (TPSA) is 32.3 Å². The molecule has 0 radical (unpaired) electrons. The van der Waals surface area contributed by atoms with Crippen LogP contribution in [-0.2, 0) is 6.42 Å². The second-order valence-electron chi connectivity index (χ2n) is 7.32. The van der Waals surface area contributed by atoms with Crippen molar-refractivity contribution in [2.24, 2.45) is 10.8 Å². The maximum absolute atomic E-state index is 9.41. The number of hydrogen-bond donors (Lipinski definition) is 2. The predicted molar refractivity (Wildman–Crippen MR) is 80.2 cm³/mol. The Morgan fingerprint density at radius 2 is 2.00 bits per heavy atom. The fourth-order valence-electron chi connectivity index (χ4n) is 2.89. The van der Waals surface area contributed by atoms with Gasteiger partial charge in [0.1, 0.15) is 0 Å². The quantitative estimate of drug-likeness (QED) is 0.871. The second kappa shape index (κ2) is 5.26. The molecule has 2 heteroatoms. The smallest absolute Gasteiger partial charge is 0.0494 e. The summed E-state index contributed by atoms with van der Waals surface area (Å²) in [5, 5.41) is 13.1. The lowest BCUT2D eigenvalue weighted by Crippen LogP contribution is -2.42. The van der Waals surface area contributed by atoms with Crippen molar-refractivity contribution in [2.45, 2.75) is 46.6 Å². The minimum atomic E-state index is -0.0670. The van der Waals surface area contributed by atoms with Crippen LogP contribution in [0.1, 0.15) is 51.3 Å². The molecule has 2 N–H and O–H groups in total. The summed E-state index contributed by atoms with van der Waals surface area (Å²) in [7, 11) is 0. The Bertz CT molecular complexity index is 437. The van der Waals surface area contributed by atoms with Gasteiger partial charge in [-0.25, -0.2) is 0 Å². The van der Waals surface area contributed by atoms with Crippen molar-refractivity contribution >= 4 is 0 Å². The average Bonchev–Trinajstić information content (AvgIpc) is 2.37. The number of hydrogen-bond acceptors (Lipinski definition) is 2. The Labute approximate surface area is 117 Å². The summed E-state index contributed by atoms with van der Waals surface area (Å²) in [4.78, 5) is 0. The van der Waals surface area contributed by atoms with Crippen LogP contribution in [0.4, 0.5) is 0 Å². The van der Waals surface area contributed by atoms with Crippen LogP contribution in [0.25, 0.3) is 0 Å². The number of nitrogens with one attached hydrogen (secondary N) is 1. The lowest BCUT2D eigenvalue weighted by Gasteiger charge is -2.42. The lowest BCUT2D eigenvalue weighted by atomic mass is 9.70. The Balaban J connectivity index is 2.21. The van der Waals surface area contributed by atoms with Crippen molar-refractivity contribution in [3.63, 3.8) is 0 Å². The molecule has 0 amide bonds. The molecule has 1 unspecified atom stereocenters. The Morgan fingerprint density at radius 3 is 2.68 bits per heavy atom. The number of aryl methyl sites for hydroxylation is 1. The number of benzene rings is 1. The molecule has 1 aromatic rings. The van der Waals surface area contributed by atoms with Crippen LogP contribution in [0.5, 0.6) is 0 Å². The van der Waals surface area contributed by atoms with Crippen LogP contribution >= 0.6 is 0 Å². The van der Waals surface area contributed by atoms with Crippen LogP contribution in [0.2, 0.25) is 0 Å². The molecule has 0 heterocycles. The van der Waals surface area contributed by atoms with Crippen LogP contribution in [0, 0.1) is 10.8 Å². The van der Waals surface area contributed by atoms with Crippen LogP contribution in [-0.4, -0.2) is 18.3 Å². The molecule has 2 rings (SSSR count). The second-order valence-corrected chi connectivity index (χ2v) is 7.32. The molecular formula is C17H27NO. The number of rotatable bonds is 4. The van der Waals surface area contributed by atoms with E-state index in [4.69, 9.17) is 0 Å². The fraction of sp³-hybridized carbons (Fsp3) is 0.647. The fourth-order valence-corrected chi connectivity index (χ4v) is 2.89. The van der Waals surface area contributed by atoms with E-state index in [0.717, 1.165) is 6.54 Å². The van der Waals surface area contributed by atoms with Gasteiger partial charge in [-0.15, -0.1) is 0 Å². The standard InChI is InChI=1S/C17H27NO/c1-16(2,12-19)11-18-15-14-8-6-5-7-13(14)9-10-17(15,3)4/h5-8,15,18-19H,9-12H2,1-4H3. The van der Waals surface area contributed by atoms with Crippen LogP contribution in [0.15, 0.2) is 24.3 Å². The van der Waals surface area contributed by atoms with Gasteiger partial charge >= 0.3 is 0 Å². The minimum Gasteiger partial charge on any atom is -0.396 e. The molecule has 0 spiro atoms. The van der Waals surface area contributed by atoms with E-state index in [9.17, 15) is 5.11 Å². The highest BCUT2D eigenvalue weighted by Crippen LogP contribution is 2.43. The summed E-state index contributed by atoms with van der Waals surface area (Å²) in [6.07, 6.45) is 2.38. The summed E-state index contributed by atoms with van der Waals surface area (Å²) >= 11 is 0. The summed E-state index contributed by atoms with van der Waals surface area (Å²) in [6.45, 7) is 9.93. The van der Waals surface area contributed by atoms with Gasteiger partial charge in [0.25, 0.3) is 0 Å². The van der Waals surface area contributed by atoms with E-state index in [1.54, 1.807) is 0 Å². The molecule has 0 aliphatic heterocycles. The molecule has 2 nitrogen and oxygen atoms in total. The molecule has 1 aliphatic carbocycles. The van der Waals surface area contributed by atoms with E-state index in [1.807, 2.05) is 0 Å². The molecule has 0 saturated carbocycles. The predicted octanol–water partition coefficient (Wildman–Crippen LogP) is 3.31. The van der Waals surface area contributed by atoms with Gasteiger partial charge in [0.2, 0.25) is 0 Å². The highest BCUT2D eigenvalue weighted by Gasteiger charge is 2.36. The van der Waals surface area contributed by atoms with E-state index in [-0.39, 0.29) is 17.4 Å². The third kappa shape index (κ3) is 3.18. The average molecular weight is 261 g/mol. The Morgan fingerprint density at radius 1 is 1.32 bits per heavy atom. The van der Waals surface area contributed by atoms with E-state index in [0.29, 0.717) is 6.04 Å². The zero-order valence-electron chi connectivity index (χ0n) is 12.7. The van der Waals surface area contributed by atoms with E-state index in [2.05, 4.69) is 57.3 Å². The van der Waals surface area contributed by atoms with Gasteiger partial charge in [-0.3, -0.25) is 0 Å². The van der Waals surface area contributed by atoms with Crippen molar-refractivity contribution in [2.75, 3.05) is 13.2 Å². The molecular weight excluding hydrogens is 234 g/mol. The van der Waals surface area contributed by atoms with Crippen molar-refractivity contribution in [1.29, 1.82) is 0 Å². The van der Waals surface area contributed by atoms with Gasteiger partial charge < -0.3 is 10.4 Å². The van der Waals surface area contributed by atoms with Crippen molar-refractivity contribution in [3.8, 4) is 0 Å². The zero-order valence-corrected chi connectivity index (χ0v) is 12.7. The first kappa shape index (κ1) is 14.5. The SMILES string of the molecule is CC(C)(CO)CNC1c2ccccc2CCC1(C)C. The van der Waals surface area contributed by atoms with Crippen molar-refractivity contribution in [1.82, 2.24) is 5.32 Å². The van der Waals surface area contributed by atoms with Gasteiger partial charge in [-0.1, -0.05) is 52.0 Å². The van der Waals surface area contributed by atoms with Crippen LogP contribution < -0.4 is 5.32 Å². The van der Waals surface area contributed by atoms with Crippen LogP contribution in [0.3, 0.4) is 0 Å². The minimum absolute atomic E-state index is 0.0670. The number of aliphatic hydroxyl groups excluding tert-OH is 1. The van der Waals surface area contributed by atoms with E-state index < -0.39 is 0 Å². The molecule has 0 saturated heterocycles. The maximum Gasteiger partial charge on any atom is 0.0494 e. The molecule has 1 atom stereocenters. The third-order valence-electron chi connectivity index (χ3n) is 4.40. The van der Waals surface area contributed by atoms with Gasteiger partial charge in [0, 0.05) is 24.6 Å². The summed E-state index contributed by atoms with van der Waals surface area (Å²) < 4.78 is 0. The summed E-state index contributed by atoms with van der Waals surface area (Å²) in [5.41, 5.74) is 3.11. The molecule has 19 heavy (non-hydrogen) atoms. The summed E-state index contributed by atoms with van der Waals surface area (Å²) in [5.74, 6) is 0. The summed E-state index contributed by atoms with van der Waals surface area (Å²) in [6, 6.07) is 9.14. The first-order valence-corrected chi connectivity index (χ1v) is 7.28. The molecule has 106 valence electrons. The highest BCUT2D eigenvalue weighted by atomic mass is 16.3. The molecule has 0 bridgehead atoms. The van der Waals surface area contributed by atoms with Crippen molar-refractivity contribution < 1.29 is 5.11 Å². The highest BCUT2D eigenvalue weighted by molar-refractivity contribution is 5.34. The number of fused-ring (bicyclic) bond motifs is 1. The van der Waals surface area contributed by atoms with Gasteiger partial charge in [0.15, 0.2) is 0 Å². The molecule has 1 aromatic carbocycles. The third-order valence-corrected chi connectivity index (χ3v) is 4.40. The lowest BCUT2D eigenvalue weighted by molar-refractivity contribution is 0.132. The van der Waals surface area contributed by atoms with Gasteiger partial charge in [0.05, 0.1) is 0 Å². The van der Waals surface area contributed by atoms with E-state index >= 15 is 0 Å². The molecule has 1 aliphatic rings.